The maximum Gasteiger partial charge on any atom is 0.488 e. The van der Waals surface area contributed by atoms with Gasteiger partial charge in [0, 0.05) is 18.0 Å². The van der Waals surface area contributed by atoms with Crippen molar-refractivity contribution < 1.29 is 26.0 Å². The number of fused-ring (bicyclic) bond motifs is 3. The molecule has 0 fully saturated rings. The number of carbonyl (C=O) groups is 1. The molecule has 0 radical (unpaired) electrons. The van der Waals surface area contributed by atoms with Gasteiger partial charge in [0.25, 0.3) is 0 Å². The molecular weight excluding hydrogens is 435 g/mol. The van der Waals surface area contributed by atoms with Crippen LogP contribution in [0.3, 0.4) is 0 Å². The van der Waals surface area contributed by atoms with E-state index in [2.05, 4.69) is 9.50 Å². The number of amides is 1. The van der Waals surface area contributed by atoms with Crippen molar-refractivity contribution in [1.29, 1.82) is 0 Å². The molecule has 0 aliphatic heterocycles. The second-order valence-corrected chi connectivity index (χ2v) is 8.35. The van der Waals surface area contributed by atoms with Crippen molar-refractivity contribution in [1.82, 2.24) is 0 Å². The summed E-state index contributed by atoms with van der Waals surface area (Å²) in [5, 5.41) is 2.57. The third kappa shape index (κ3) is 4.44. The second kappa shape index (κ2) is 8.60. The Morgan fingerprint density at radius 2 is 1.66 bits per heavy atom. The van der Waals surface area contributed by atoms with Crippen molar-refractivity contribution in [2.75, 3.05) is 11.9 Å². The minimum absolute atomic E-state index is 0.0301. The predicted molar refractivity (Wildman–Crippen MR) is 118 cm³/mol. The molecule has 0 saturated carbocycles. The summed E-state index contributed by atoms with van der Waals surface area (Å²) < 4.78 is 44.7. The molecule has 3 aromatic rings. The number of ether oxygens (including phenoxy) is 1. The molecule has 0 atom stereocenters. The van der Waals surface area contributed by atoms with E-state index in [1.807, 2.05) is 48.5 Å². The molecule has 0 spiro atoms. The number of nitrogens with two attached hydrogens (primary N) is 1. The molecule has 1 aliphatic rings. The minimum Gasteiger partial charge on any atom is -0.448 e. The van der Waals surface area contributed by atoms with Gasteiger partial charge in [-0.25, -0.2) is 4.79 Å². The van der Waals surface area contributed by atoms with Crippen LogP contribution in [0.5, 0.6) is 5.75 Å². The first kappa shape index (κ1) is 21.8. The van der Waals surface area contributed by atoms with Gasteiger partial charge in [0.1, 0.15) is 6.61 Å². The smallest absolute Gasteiger partial charge is 0.448 e. The Bertz CT molecular complexity index is 1250. The van der Waals surface area contributed by atoms with E-state index in [0.29, 0.717) is 5.56 Å². The minimum atomic E-state index is -5.23. The molecule has 1 amide bonds. The molecule has 1 aliphatic carbocycles. The number of rotatable bonds is 6. The summed E-state index contributed by atoms with van der Waals surface area (Å²) >= 11 is 0. The number of hydrogen-bond donors (Lipinski definition) is 2. The van der Waals surface area contributed by atoms with Gasteiger partial charge in [0.05, 0.1) is 5.69 Å². The molecule has 7 nitrogen and oxygen atoms in total. The standard InChI is InChI=1S/C23H21FN2O5S/c1-14-21(10-15(12-25)11-22(14)31-32(24,28)29)26-23(27)30-13-20-18-8-4-2-6-16(18)17-7-3-5-9-19(17)20/h2-11,20H,12-13,25H2,1H3,(H,26,27). The Kier molecular flexibility index (Phi) is 5.86. The highest BCUT2D eigenvalue weighted by Crippen LogP contribution is 2.44. The molecular formula is C23H21FN2O5S. The zero-order chi connectivity index (χ0) is 22.9. The zero-order valence-electron chi connectivity index (χ0n) is 17.2. The van der Waals surface area contributed by atoms with Gasteiger partial charge >= 0.3 is 16.6 Å². The fraction of sp³-hybridized carbons (Fsp3) is 0.174. The molecule has 3 aromatic carbocycles. The SMILES string of the molecule is Cc1c(NC(=O)OCC2c3ccccc3-c3ccccc32)cc(CN)cc1OS(=O)(=O)F. The van der Waals surface area contributed by atoms with Crippen LogP contribution in [0.15, 0.2) is 60.7 Å². The van der Waals surface area contributed by atoms with Crippen LogP contribution >= 0.6 is 0 Å². The predicted octanol–water partition coefficient (Wildman–Crippen LogP) is 4.41. The largest absolute Gasteiger partial charge is 0.488 e. The Balaban J connectivity index is 1.52. The van der Waals surface area contributed by atoms with Gasteiger partial charge in [0.2, 0.25) is 0 Å². The quantitative estimate of drug-likeness (QED) is 0.532. The first-order valence-electron chi connectivity index (χ1n) is 9.86. The summed E-state index contributed by atoms with van der Waals surface area (Å²) in [5.41, 5.74) is 10.9. The maximum absolute atomic E-state index is 13.0. The van der Waals surface area contributed by atoms with Gasteiger partial charge < -0.3 is 14.7 Å². The van der Waals surface area contributed by atoms with Crippen molar-refractivity contribution in [2.24, 2.45) is 5.73 Å². The second-order valence-electron chi connectivity index (χ2n) is 7.40. The molecule has 32 heavy (non-hydrogen) atoms. The molecule has 4 rings (SSSR count). The third-order valence-electron chi connectivity index (χ3n) is 5.43. The highest BCUT2D eigenvalue weighted by molar-refractivity contribution is 7.81. The zero-order valence-corrected chi connectivity index (χ0v) is 18.0. The summed E-state index contributed by atoms with van der Waals surface area (Å²) in [4.78, 5) is 12.5. The van der Waals surface area contributed by atoms with Crippen molar-refractivity contribution in [3.63, 3.8) is 0 Å². The van der Waals surface area contributed by atoms with Gasteiger partial charge in [-0.3, -0.25) is 5.32 Å². The summed E-state index contributed by atoms with van der Waals surface area (Å²) in [5.74, 6) is -0.371. The summed E-state index contributed by atoms with van der Waals surface area (Å²) in [6.07, 6.45) is -0.738. The maximum atomic E-state index is 13.0. The average Bonchev–Trinajstić information content (AvgIpc) is 3.08. The number of carbonyl (C=O) groups excluding carboxylic acids is 1. The third-order valence-corrected chi connectivity index (χ3v) is 5.80. The average molecular weight is 456 g/mol. The monoisotopic (exact) mass is 456 g/mol. The summed E-state index contributed by atoms with van der Waals surface area (Å²) in [6.45, 7) is 1.62. The Morgan fingerprint density at radius 1 is 1.06 bits per heavy atom. The van der Waals surface area contributed by atoms with Crippen LogP contribution < -0.4 is 15.2 Å². The van der Waals surface area contributed by atoms with Crippen molar-refractivity contribution in [3.05, 3.63) is 82.9 Å². The summed E-state index contributed by atoms with van der Waals surface area (Å²) in [7, 11) is -5.23. The lowest BCUT2D eigenvalue weighted by Crippen LogP contribution is -2.19. The van der Waals surface area contributed by atoms with Gasteiger partial charge in [0.15, 0.2) is 5.75 Å². The van der Waals surface area contributed by atoms with E-state index in [-0.39, 0.29) is 36.1 Å². The topological polar surface area (TPSA) is 108 Å². The highest BCUT2D eigenvalue weighted by atomic mass is 32.3. The normalized spacial score (nSPS) is 12.7. The Labute approximate surface area is 185 Å². The van der Waals surface area contributed by atoms with Crippen LogP contribution in [-0.4, -0.2) is 21.1 Å². The lowest BCUT2D eigenvalue weighted by Gasteiger charge is -2.16. The van der Waals surface area contributed by atoms with E-state index in [0.717, 1.165) is 22.3 Å². The number of anilines is 1. The van der Waals surface area contributed by atoms with E-state index in [9.17, 15) is 17.1 Å². The molecule has 166 valence electrons. The van der Waals surface area contributed by atoms with Gasteiger partial charge in [-0.1, -0.05) is 52.4 Å². The van der Waals surface area contributed by atoms with Gasteiger partial charge in [-0.05, 0) is 46.9 Å². The van der Waals surface area contributed by atoms with Crippen LogP contribution in [0.1, 0.15) is 28.2 Å². The molecule has 0 saturated heterocycles. The Hall–Kier alpha value is -3.43. The van der Waals surface area contributed by atoms with E-state index >= 15 is 0 Å². The van der Waals surface area contributed by atoms with Crippen LogP contribution in [-0.2, 0) is 21.8 Å². The van der Waals surface area contributed by atoms with E-state index in [4.69, 9.17) is 10.5 Å². The van der Waals surface area contributed by atoms with E-state index in [1.165, 1.54) is 13.0 Å². The van der Waals surface area contributed by atoms with E-state index < -0.39 is 16.6 Å². The van der Waals surface area contributed by atoms with Crippen LogP contribution in [0.4, 0.5) is 14.4 Å². The lowest BCUT2D eigenvalue weighted by atomic mass is 9.98. The van der Waals surface area contributed by atoms with Crippen LogP contribution in [0.25, 0.3) is 11.1 Å². The molecule has 3 N–H and O–H groups in total. The van der Waals surface area contributed by atoms with Crippen LogP contribution in [0.2, 0.25) is 0 Å². The lowest BCUT2D eigenvalue weighted by molar-refractivity contribution is 0.158. The first-order valence-corrected chi connectivity index (χ1v) is 11.2. The summed E-state index contributed by atoms with van der Waals surface area (Å²) in [6, 6.07) is 18.8. The number of hydrogen-bond acceptors (Lipinski definition) is 6. The molecule has 0 unspecified atom stereocenters. The molecule has 9 heteroatoms. The molecule has 0 bridgehead atoms. The fourth-order valence-corrected chi connectivity index (χ4v) is 4.32. The van der Waals surface area contributed by atoms with Crippen molar-refractivity contribution in [2.45, 2.75) is 19.4 Å². The van der Waals surface area contributed by atoms with Gasteiger partial charge in [-0.15, -0.1) is 0 Å². The van der Waals surface area contributed by atoms with E-state index in [1.54, 1.807) is 6.07 Å². The van der Waals surface area contributed by atoms with Gasteiger partial charge in [-0.2, -0.15) is 8.42 Å². The number of halogens is 1. The fourth-order valence-electron chi connectivity index (χ4n) is 3.93. The molecule has 0 heterocycles. The number of nitrogens with one attached hydrogen (secondary N) is 1. The first-order chi connectivity index (χ1) is 15.3. The number of benzene rings is 3. The molecule has 0 aromatic heterocycles. The highest BCUT2D eigenvalue weighted by Gasteiger charge is 2.29. The van der Waals surface area contributed by atoms with Crippen molar-refractivity contribution >= 4 is 22.3 Å². The van der Waals surface area contributed by atoms with Crippen LogP contribution in [0, 0.1) is 6.92 Å². The van der Waals surface area contributed by atoms with Crippen molar-refractivity contribution in [3.8, 4) is 16.9 Å². The Morgan fingerprint density at radius 3 is 2.22 bits per heavy atom.